The van der Waals surface area contributed by atoms with Gasteiger partial charge in [-0.15, -0.1) is 0 Å². The lowest BCUT2D eigenvalue weighted by atomic mass is 10.2. The summed E-state index contributed by atoms with van der Waals surface area (Å²) in [6, 6.07) is 7.94. The number of aliphatic hydroxyl groups excluding tert-OH is 1. The Kier molecular flexibility index (Phi) is 3.62. The second kappa shape index (κ2) is 5.46. The molecule has 22 heavy (non-hydrogen) atoms. The molecule has 1 aromatic rings. The van der Waals surface area contributed by atoms with Crippen molar-refractivity contribution in [3.63, 3.8) is 0 Å². The molecule has 1 aromatic carbocycles. The molecule has 0 bridgehead atoms. The van der Waals surface area contributed by atoms with E-state index in [-0.39, 0.29) is 24.8 Å². The third kappa shape index (κ3) is 2.07. The summed E-state index contributed by atoms with van der Waals surface area (Å²) in [7, 11) is 3.84. The number of hydrogen-bond donors (Lipinski definition) is 2. The molecular weight excluding hydrogens is 280 g/mol. The molecule has 1 fully saturated rings. The van der Waals surface area contributed by atoms with Gasteiger partial charge in [0.25, 0.3) is 0 Å². The molecule has 2 aliphatic rings. The smallest absolute Gasteiger partial charge is 0.189 e. The maximum atomic E-state index is 12.4. The van der Waals surface area contributed by atoms with Crippen molar-refractivity contribution in [3.8, 4) is 0 Å². The van der Waals surface area contributed by atoms with Gasteiger partial charge in [0.2, 0.25) is 0 Å². The van der Waals surface area contributed by atoms with Gasteiger partial charge in [-0.05, 0) is 18.6 Å². The number of likely N-dealkylation sites (tertiary alicyclic amines) is 1. The van der Waals surface area contributed by atoms with Gasteiger partial charge in [-0.3, -0.25) is 10.2 Å². The van der Waals surface area contributed by atoms with E-state index in [1.165, 1.54) is 0 Å². The van der Waals surface area contributed by atoms with E-state index in [1.54, 1.807) is 4.90 Å². The van der Waals surface area contributed by atoms with Gasteiger partial charge in [0.05, 0.1) is 17.9 Å². The van der Waals surface area contributed by atoms with E-state index in [0.717, 1.165) is 17.2 Å². The van der Waals surface area contributed by atoms with Gasteiger partial charge in [-0.25, -0.2) is 0 Å². The van der Waals surface area contributed by atoms with Crippen LogP contribution in [0.2, 0.25) is 0 Å². The minimum Gasteiger partial charge on any atom is -0.396 e. The summed E-state index contributed by atoms with van der Waals surface area (Å²) in [5.74, 6) is 0.965. The molecule has 0 spiro atoms. The van der Waals surface area contributed by atoms with E-state index in [0.29, 0.717) is 18.5 Å². The van der Waals surface area contributed by atoms with Crippen LogP contribution in [0.3, 0.4) is 0 Å². The molecule has 0 amide bonds. The molecule has 116 valence electrons. The van der Waals surface area contributed by atoms with Crippen LogP contribution in [0.15, 0.2) is 35.7 Å². The topological polar surface area (TPSA) is 70.9 Å². The average Bonchev–Trinajstić information content (AvgIpc) is 2.93. The first-order valence-corrected chi connectivity index (χ1v) is 7.35. The summed E-state index contributed by atoms with van der Waals surface area (Å²) in [6.45, 7) is 0.809. The minimum absolute atomic E-state index is 0.0376. The predicted molar refractivity (Wildman–Crippen MR) is 86.3 cm³/mol. The van der Waals surface area contributed by atoms with Gasteiger partial charge in [0, 0.05) is 27.2 Å². The number of rotatable bonds is 3. The van der Waals surface area contributed by atoms with Gasteiger partial charge < -0.3 is 19.8 Å². The minimum atomic E-state index is -0.0376. The standard InChI is InChI=1S/C16H20N4O2/c1-18-11-6-3-4-7-12(11)19(2)16(18)14-13(22)10-20(15(14)17)8-5-9-21/h3-4,6-7,17,21H,5,8-10H2,1-2H3. The summed E-state index contributed by atoms with van der Waals surface area (Å²) in [5, 5.41) is 17.3. The summed E-state index contributed by atoms with van der Waals surface area (Å²) >= 11 is 0. The molecule has 0 atom stereocenters. The number of carbonyl (C=O) groups excluding carboxylic acids is 1. The summed E-state index contributed by atoms with van der Waals surface area (Å²) in [4.78, 5) is 18.1. The third-order valence-electron chi connectivity index (χ3n) is 4.22. The number of carbonyl (C=O) groups is 1. The highest BCUT2D eigenvalue weighted by molar-refractivity contribution is 6.27. The number of amidine groups is 1. The lowest BCUT2D eigenvalue weighted by Crippen LogP contribution is -2.30. The lowest BCUT2D eigenvalue weighted by molar-refractivity contribution is -0.114. The normalized spacial score (nSPS) is 17.9. The number of hydrogen-bond acceptors (Lipinski definition) is 5. The second-order valence-corrected chi connectivity index (χ2v) is 5.58. The van der Waals surface area contributed by atoms with E-state index >= 15 is 0 Å². The molecule has 0 saturated carbocycles. The van der Waals surface area contributed by atoms with Crippen molar-refractivity contribution >= 4 is 23.0 Å². The van der Waals surface area contributed by atoms with Gasteiger partial charge in [0.15, 0.2) is 5.78 Å². The number of nitrogens with zero attached hydrogens (tertiary/aromatic N) is 3. The quantitative estimate of drug-likeness (QED) is 0.816. The Bertz CT molecular complexity index is 637. The Morgan fingerprint density at radius 2 is 1.77 bits per heavy atom. The predicted octanol–water partition coefficient (Wildman–Crippen LogP) is 1.03. The zero-order valence-corrected chi connectivity index (χ0v) is 12.8. The van der Waals surface area contributed by atoms with Crippen molar-refractivity contribution < 1.29 is 9.90 Å². The van der Waals surface area contributed by atoms with E-state index in [2.05, 4.69) is 0 Å². The maximum absolute atomic E-state index is 12.4. The molecule has 2 N–H and O–H groups in total. The number of benzene rings is 1. The molecule has 0 aliphatic carbocycles. The molecular formula is C16H20N4O2. The highest BCUT2D eigenvalue weighted by atomic mass is 16.3. The van der Waals surface area contributed by atoms with E-state index in [9.17, 15) is 4.79 Å². The van der Waals surface area contributed by atoms with Crippen LogP contribution in [0.5, 0.6) is 0 Å². The first-order chi connectivity index (χ1) is 10.6. The van der Waals surface area contributed by atoms with Crippen molar-refractivity contribution in [1.29, 1.82) is 5.41 Å². The molecule has 2 heterocycles. The third-order valence-corrected chi connectivity index (χ3v) is 4.22. The van der Waals surface area contributed by atoms with Gasteiger partial charge in [-0.2, -0.15) is 0 Å². The second-order valence-electron chi connectivity index (χ2n) is 5.58. The van der Waals surface area contributed by atoms with E-state index < -0.39 is 0 Å². The number of ketones is 1. The molecule has 0 aromatic heterocycles. The fourth-order valence-electron chi connectivity index (χ4n) is 3.12. The van der Waals surface area contributed by atoms with Crippen LogP contribution in [-0.2, 0) is 4.79 Å². The van der Waals surface area contributed by atoms with E-state index in [4.69, 9.17) is 10.5 Å². The Labute approximate surface area is 129 Å². The number of Topliss-reactive ketones (excluding diaryl/α,β-unsaturated/α-hetero) is 1. The highest BCUT2D eigenvalue weighted by Gasteiger charge is 2.38. The number of para-hydroxylation sites is 2. The molecule has 0 unspecified atom stereocenters. The monoisotopic (exact) mass is 300 g/mol. The first kappa shape index (κ1) is 14.6. The zero-order chi connectivity index (χ0) is 15.9. The maximum Gasteiger partial charge on any atom is 0.189 e. The van der Waals surface area contributed by atoms with Crippen molar-refractivity contribution in [2.24, 2.45) is 0 Å². The van der Waals surface area contributed by atoms with Gasteiger partial charge >= 0.3 is 0 Å². The van der Waals surface area contributed by atoms with Crippen molar-refractivity contribution in [2.75, 3.05) is 43.6 Å². The molecule has 6 heteroatoms. The SMILES string of the molecule is CN1C(=C2C(=N)N(CCCO)CC2=O)N(C)c2ccccc21. The molecule has 3 rings (SSSR count). The molecule has 6 nitrogen and oxygen atoms in total. The lowest BCUT2D eigenvalue weighted by Gasteiger charge is -2.21. The van der Waals surface area contributed by atoms with Crippen LogP contribution >= 0.6 is 0 Å². The first-order valence-electron chi connectivity index (χ1n) is 7.35. The molecule has 0 radical (unpaired) electrons. The highest BCUT2D eigenvalue weighted by Crippen LogP contribution is 2.41. The van der Waals surface area contributed by atoms with Crippen LogP contribution in [0.25, 0.3) is 0 Å². The van der Waals surface area contributed by atoms with Gasteiger partial charge in [-0.1, -0.05) is 12.1 Å². The fourth-order valence-corrected chi connectivity index (χ4v) is 3.12. The van der Waals surface area contributed by atoms with Crippen molar-refractivity contribution in [2.45, 2.75) is 6.42 Å². The Morgan fingerprint density at radius 3 is 2.32 bits per heavy atom. The summed E-state index contributed by atoms with van der Waals surface area (Å²) in [5.41, 5.74) is 2.52. The van der Waals surface area contributed by atoms with Crippen LogP contribution < -0.4 is 9.80 Å². The van der Waals surface area contributed by atoms with Crippen molar-refractivity contribution in [1.82, 2.24) is 4.90 Å². The Morgan fingerprint density at radius 1 is 1.18 bits per heavy atom. The van der Waals surface area contributed by atoms with Crippen LogP contribution in [-0.4, -0.2) is 55.4 Å². The largest absolute Gasteiger partial charge is 0.396 e. The number of nitrogens with one attached hydrogen (secondary N) is 1. The van der Waals surface area contributed by atoms with Crippen LogP contribution in [0.1, 0.15) is 6.42 Å². The fraction of sp³-hybridized carbons (Fsp3) is 0.375. The summed E-state index contributed by atoms with van der Waals surface area (Å²) in [6.07, 6.45) is 0.560. The van der Waals surface area contributed by atoms with Crippen LogP contribution in [0.4, 0.5) is 11.4 Å². The summed E-state index contributed by atoms with van der Waals surface area (Å²) < 4.78 is 0. The van der Waals surface area contributed by atoms with E-state index in [1.807, 2.05) is 48.2 Å². The Balaban J connectivity index is 2.01. The zero-order valence-electron chi connectivity index (χ0n) is 12.8. The average molecular weight is 300 g/mol. The van der Waals surface area contributed by atoms with Gasteiger partial charge in [0.1, 0.15) is 17.2 Å². The number of fused-ring (bicyclic) bond motifs is 1. The van der Waals surface area contributed by atoms with Crippen LogP contribution in [0, 0.1) is 5.41 Å². The number of anilines is 2. The Hall–Kier alpha value is -2.34. The van der Waals surface area contributed by atoms with Crippen molar-refractivity contribution in [3.05, 3.63) is 35.7 Å². The molecule has 1 saturated heterocycles. The number of aliphatic hydroxyl groups is 1. The molecule has 2 aliphatic heterocycles.